The second-order valence-corrected chi connectivity index (χ2v) is 9.81. The van der Waals surface area contributed by atoms with Crippen molar-refractivity contribution in [2.45, 2.75) is 45.7 Å². The SMILES string of the molecule is CCC(C)N(CC(=O)N(CCc1ccc(OC)c(OC)c1)Cc1cccs1)C(=O)Cc1ccccc1. The lowest BCUT2D eigenvalue weighted by Crippen LogP contribution is -2.47. The van der Waals surface area contributed by atoms with E-state index in [0.29, 0.717) is 31.0 Å². The summed E-state index contributed by atoms with van der Waals surface area (Å²) in [6.45, 7) is 5.16. The number of thiophene rings is 1. The van der Waals surface area contributed by atoms with Crippen LogP contribution in [0.1, 0.15) is 36.3 Å². The summed E-state index contributed by atoms with van der Waals surface area (Å²) in [5.41, 5.74) is 2.00. The van der Waals surface area contributed by atoms with Crippen LogP contribution in [0, 0.1) is 0 Å². The van der Waals surface area contributed by atoms with E-state index in [1.54, 1.807) is 30.5 Å². The molecule has 1 atom stereocenters. The molecule has 0 spiro atoms. The van der Waals surface area contributed by atoms with Gasteiger partial charge in [0.2, 0.25) is 11.8 Å². The zero-order valence-electron chi connectivity index (χ0n) is 21.6. The summed E-state index contributed by atoms with van der Waals surface area (Å²) in [6.07, 6.45) is 1.73. The molecule has 2 aromatic carbocycles. The molecule has 1 aromatic heterocycles. The summed E-state index contributed by atoms with van der Waals surface area (Å²) >= 11 is 1.63. The van der Waals surface area contributed by atoms with Crippen LogP contribution >= 0.6 is 11.3 Å². The van der Waals surface area contributed by atoms with Gasteiger partial charge in [0.05, 0.1) is 27.2 Å². The Kier molecular flexibility index (Phi) is 10.4. The molecule has 3 rings (SSSR count). The highest BCUT2D eigenvalue weighted by molar-refractivity contribution is 7.09. The molecule has 0 bridgehead atoms. The highest BCUT2D eigenvalue weighted by atomic mass is 32.1. The number of carbonyl (C=O) groups excluding carboxylic acids is 2. The van der Waals surface area contributed by atoms with E-state index in [0.717, 1.165) is 22.4 Å². The van der Waals surface area contributed by atoms with Crippen LogP contribution in [0.25, 0.3) is 0 Å². The number of methoxy groups -OCH3 is 2. The Morgan fingerprint density at radius 2 is 1.67 bits per heavy atom. The van der Waals surface area contributed by atoms with E-state index in [1.807, 2.05) is 84.8 Å². The average molecular weight is 509 g/mol. The molecule has 1 heterocycles. The summed E-state index contributed by atoms with van der Waals surface area (Å²) in [5.74, 6) is 1.26. The minimum atomic E-state index is -0.0504. The number of benzene rings is 2. The van der Waals surface area contributed by atoms with Gasteiger partial charge in [-0.15, -0.1) is 11.3 Å². The van der Waals surface area contributed by atoms with Gasteiger partial charge in [-0.1, -0.05) is 49.4 Å². The van der Waals surface area contributed by atoms with Crippen molar-refractivity contribution >= 4 is 23.2 Å². The second-order valence-electron chi connectivity index (χ2n) is 8.78. The fourth-order valence-corrected chi connectivity index (χ4v) is 4.73. The quantitative estimate of drug-likeness (QED) is 0.318. The van der Waals surface area contributed by atoms with E-state index in [2.05, 4.69) is 0 Å². The Balaban J connectivity index is 1.75. The summed E-state index contributed by atoms with van der Waals surface area (Å²) in [6, 6.07) is 19.5. The van der Waals surface area contributed by atoms with Crippen molar-refractivity contribution in [3.8, 4) is 11.5 Å². The van der Waals surface area contributed by atoms with Crippen LogP contribution in [0.5, 0.6) is 11.5 Å². The van der Waals surface area contributed by atoms with Crippen LogP contribution in [0.4, 0.5) is 0 Å². The monoisotopic (exact) mass is 508 g/mol. The van der Waals surface area contributed by atoms with Gasteiger partial charge < -0.3 is 19.3 Å². The molecular weight excluding hydrogens is 472 g/mol. The summed E-state index contributed by atoms with van der Waals surface area (Å²) in [4.78, 5) is 31.5. The zero-order valence-corrected chi connectivity index (χ0v) is 22.4. The van der Waals surface area contributed by atoms with Gasteiger partial charge in [-0.25, -0.2) is 0 Å². The van der Waals surface area contributed by atoms with E-state index in [4.69, 9.17) is 9.47 Å². The molecule has 192 valence electrons. The molecule has 0 saturated carbocycles. The van der Waals surface area contributed by atoms with E-state index in [9.17, 15) is 9.59 Å². The van der Waals surface area contributed by atoms with Crippen molar-refractivity contribution in [3.05, 3.63) is 82.0 Å². The summed E-state index contributed by atoms with van der Waals surface area (Å²) in [7, 11) is 3.23. The third-order valence-electron chi connectivity index (χ3n) is 6.34. The molecule has 0 aliphatic heterocycles. The molecule has 7 heteroatoms. The molecule has 2 amide bonds. The fourth-order valence-electron chi connectivity index (χ4n) is 4.01. The van der Waals surface area contributed by atoms with Crippen LogP contribution in [-0.2, 0) is 29.0 Å². The minimum Gasteiger partial charge on any atom is -0.493 e. The first-order valence-electron chi connectivity index (χ1n) is 12.3. The largest absolute Gasteiger partial charge is 0.493 e. The Hall–Kier alpha value is -3.32. The fraction of sp³-hybridized carbons (Fsp3) is 0.379. The third kappa shape index (κ3) is 7.59. The minimum absolute atomic E-state index is 0.0279. The van der Waals surface area contributed by atoms with Crippen LogP contribution in [0.15, 0.2) is 66.0 Å². The molecule has 0 saturated heterocycles. The molecule has 6 nitrogen and oxygen atoms in total. The molecule has 0 fully saturated rings. The van der Waals surface area contributed by atoms with Crippen molar-refractivity contribution in [3.63, 3.8) is 0 Å². The summed E-state index contributed by atoms with van der Waals surface area (Å²) < 4.78 is 10.8. The van der Waals surface area contributed by atoms with E-state index < -0.39 is 0 Å². The van der Waals surface area contributed by atoms with Gasteiger partial charge in [0, 0.05) is 17.5 Å². The Bertz CT molecular complexity index is 1100. The Morgan fingerprint density at radius 1 is 0.917 bits per heavy atom. The average Bonchev–Trinajstić information content (AvgIpc) is 3.42. The lowest BCUT2D eigenvalue weighted by molar-refractivity contribution is -0.142. The van der Waals surface area contributed by atoms with Gasteiger partial charge in [0.1, 0.15) is 6.54 Å². The van der Waals surface area contributed by atoms with Crippen molar-refractivity contribution in [2.24, 2.45) is 0 Å². The second kappa shape index (κ2) is 13.7. The summed E-state index contributed by atoms with van der Waals surface area (Å²) in [5, 5.41) is 2.02. The number of amides is 2. The predicted octanol–water partition coefficient (Wildman–Crippen LogP) is 5.21. The maximum Gasteiger partial charge on any atom is 0.242 e. The van der Waals surface area contributed by atoms with E-state index >= 15 is 0 Å². The van der Waals surface area contributed by atoms with Crippen molar-refractivity contribution in [1.29, 1.82) is 0 Å². The van der Waals surface area contributed by atoms with Crippen LogP contribution < -0.4 is 9.47 Å². The van der Waals surface area contributed by atoms with E-state index in [1.165, 1.54) is 0 Å². The lowest BCUT2D eigenvalue weighted by Gasteiger charge is -2.31. The Morgan fingerprint density at radius 3 is 2.31 bits per heavy atom. The van der Waals surface area contributed by atoms with Crippen molar-refractivity contribution in [2.75, 3.05) is 27.3 Å². The number of hydrogen-bond donors (Lipinski definition) is 0. The first-order valence-corrected chi connectivity index (χ1v) is 13.2. The topological polar surface area (TPSA) is 59.1 Å². The number of rotatable bonds is 13. The normalized spacial score (nSPS) is 11.6. The van der Waals surface area contributed by atoms with Gasteiger partial charge >= 0.3 is 0 Å². The maximum atomic E-state index is 13.6. The van der Waals surface area contributed by atoms with Gasteiger partial charge in [0.15, 0.2) is 11.5 Å². The van der Waals surface area contributed by atoms with Crippen molar-refractivity contribution < 1.29 is 19.1 Å². The van der Waals surface area contributed by atoms with Gasteiger partial charge in [-0.3, -0.25) is 9.59 Å². The number of carbonyl (C=O) groups is 2. The first kappa shape index (κ1) is 27.3. The molecular formula is C29H36N2O4S. The first-order chi connectivity index (χ1) is 17.4. The molecule has 0 radical (unpaired) electrons. The van der Waals surface area contributed by atoms with Gasteiger partial charge in [-0.05, 0) is 54.5 Å². The van der Waals surface area contributed by atoms with Crippen LogP contribution in [0.2, 0.25) is 0 Å². The Labute approximate surface area is 218 Å². The molecule has 0 aliphatic rings. The smallest absolute Gasteiger partial charge is 0.242 e. The van der Waals surface area contributed by atoms with Crippen LogP contribution in [-0.4, -0.2) is 55.0 Å². The number of hydrogen-bond acceptors (Lipinski definition) is 5. The maximum absolute atomic E-state index is 13.6. The van der Waals surface area contributed by atoms with E-state index in [-0.39, 0.29) is 30.8 Å². The van der Waals surface area contributed by atoms with Crippen LogP contribution in [0.3, 0.4) is 0 Å². The molecule has 1 unspecified atom stereocenters. The number of nitrogens with zero attached hydrogens (tertiary/aromatic N) is 2. The standard InChI is InChI=1S/C29H36N2O4S/c1-5-22(2)31(28(32)19-23-10-7-6-8-11-23)21-29(33)30(20-25-12-9-17-36-25)16-15-24-13-14-26(34-3)27(18-24)35-4/h6-14,17-18,22H,5,15-16,19-21H2,1-4H3. The molecule has 0 aliphatic carbocycles. The van der Waals surface area contributed by atoms with Gasteiger partial charge in [-0.2, -0.15) is 0 Å². The highest BCUT2D eigenvalue weighted by Gasteiger charge is 2.25. The predicted molar refractivity (Wildman–Crippen MR) is 145 cm³/mol. The van der Waals surface area contributed by atoms with Crippen molar-refractivity contribution in [1.82, 2.24) is 9.80 Å². The lowest BCUT2D eigenvalue weighted by atomic mass is 10.1. The third-order valence-corrected chi connectivity index (χ3v) is 7.21. The molecule has 36 heavy (non-hydrogen) atoms. The molecule has 3 aromatic rings. The highest BCUT2D eigenvalue weighted by Crippen LogP contribution is 2.28. The molecule has 0 N–H and O–H groups in total. The number of ether oxygens (including phenoxy) is 2. The zero-order chi connectivity index (χ0) is 25.9. The van der Waals surface area contributed by atoms with Gasteiger partial charge in [0.25, 0.3) is 0 Å².